The predicted octanol–water partition coefficient (Wildman–Crippen LogP) is 16.9. The Morgan fingerprint density at radius 1 is 0.397 bits per heavy atom. The first-order chi connectivity index (χ1) is 33.4. The highest BCUT2D eigenvalue weighted by atomic mass is 16.5. The molecule has 3 aromatic carbocycles. The number of benzene rings is 3. The van der Waals surface area contributed by atoms with Crippen LogP contribution in [0.2, 0.25) is 0 Å². The molecule has 68 heavy (non-hydrogen) atoms. The number of aryl methyl sites for hydroxylation is 2. The highest BCUT2D eigenvalue weighted by molar-refractivity contribution is 6.11. The Hall–Kier alpha value is -4.72. The maximum Gasteiger partial charge on any atom is 0.190 e. The molecule has 8 heteroatoms. The van der Waals surface area contributed by atoms with Crippen molar-refractivity contribution in [3.63, 3.8) is 0 Å². The van der Waals surface area contributed by atoms with Gasteiger partial charge in [-0.05, 0) is 98.9 Å². The van der Waals surface area contributed by atoms with E-state index in [9.17, 15) is 9.59 Å². The van der Waals surface area contributed by atoms with Crippen molar-refractivity contribution in [2.45, 2.75) is 207 Å². The van der Waals surface area contributed by atoms with Crippen molar-refractivity contribution in [1.82, 2.24) is 0 Å². The molecule has 374 valence electrons. The molecule has 0 aliphatic heterocycles. The van der Waals surface area contributed by atoms with Gasteiger partial charge in [0.2, 0.25) is 0 Å². The van der Waals surface area contributed by atoms with Gasteiger partial charge in [-0.25, -0.2) is 0 Å². The molecule has 0 amide bonds. The zero-order chi connectivity index (χ0) is 48.0. The van der Waals surface area contributed by atoms with E-state index in [0.29, 0.717) is 50.8 Å². The molecule has 2 aliphatic rings. The molecule has 0 bridgehead atoms. The number of Topliss-reactive ketones (excluding diaryl/α,β-unsaturated/α-hetero) is 2. The number of unbranched alkanes of at least 4 members (excludes halogenated alkanes) is 20. The average molecular weight is 933 g/mol. The van der Waals surface area contributed by atoms with Crippen LogP contribution in [0, 0.1) is 0 Å². The van der Waals surface area contributed by atoms with E-state index in [2.05, 4.69) is 50.5 Å². The van der Waals surface area contributed by atoms with E-state index in [0.717, 1.165) is 108 Å². The number of ketones is 2. The van der Waals surface area contributed by atoms with Crippen LogP contribution in [0.5, 0.6) is 23.0 Å². The first-order valence-electron chi connectivity index (χ1n) is 27.4. The van der Waals surface area contributed by atoms with Crippen LogP contribution in [0.25, 0.3) is 0 Å². The van der Waals surface area contributed by atoms with Gasteiger partial charge in [0.1, 0.15) is 11.5 Å². The lowest BCUT2D eigenvalue weighted by atomic mass is 9.87. The third kappa shape index (κ3) is 18.6. The largest absolute Gasteiger partial charge is 0.494 e. The molecule has 3 aromatic rings. The molecule has 0 spiro atoms. The van der Waals surface area contributed by atoms with Crippen molar-refractivity contribution in [3.05, 3.63) is 94.3 Å². The lowest BCUT2D eigenvalue weighted by Gasteiger charge is -2.21. The second-order valence-corrected chi connectivity index (χ2v) is 19.2. The van der Waals surface area contributed by atoms with E-state index in [1.807, 2.05) is 48.8 Å². The Kier molecular flexibility index (Phi) is 25.6. The Bertz CT molecular complexity index is 1880. The van der Waals surface area contributed by atoms with E-state index >= 15 is 0 Å². The third-order valence-corrected chi connectivity index (χ3v) is 13.5. The van der Waals surface area contributed by atoms with Crippen LogP contribution in [0.1, 0.15) is 226 Å². The summed E-state index contributed by atoms with van der Waals surface area (Å²) in [5, 5.41) is 7.03. The first kappa shape index (κ1) is 54.2. The summed E-state index contributed by atoms with van der Waals surface area (Å²) in [5.74, 6) is 3.08. The molecule has 0 atom stereocenters. The molecule has 0 radical (unpaired) electrons. The molecule has 0 heterocycles. The quantitative estimate of drug-likeness (QED) is 0.0440. The van der Waals surface area contributed by atoms with Crippen LogP contribution in [-0.4, -0.2) is 38.0 Å². The zero-order valence-electron chi connectivity index (χ0n) is 42.9. The van der Waals surface area contributed by atoms with E-state index < -0.39 is 0 Å². The molecule has 2 aliphatic carbocycles. The minimum absolute atomic E-state index is 0.0266. The van der Waals surface area contributed by atoms with E-state index in [1.165, 1.54) is 116 Å². The van der Waals surface area contributed by atoms with Gasteiger partial charge in [0.25, 0.3) is 0 Å². The smallest absolute Gasteiger partial charge is 0.190 e. The van der Waals surface area contributed by atoms with Gasteiger partial charge in [-0.2, -0.15) is 0 Å². The van der Waals surface area contributed by atoms with E-state index in [-0.39, 0.29) is 11.6 Å². The summed E-state index contributed by atoms with van der Waals surface area (Å²) < 4.78 is 25.3. The van der Waals surface area contributed by atoms with Crippen molar-refractivity contribution in [1.29, 1.82) is 0 Å². The highest BCUT2D eigenvalue weighted by Gasteiger charge is 2.25. The molecule has 0 saturated heterocycles. The van der Waals surface area contributed by atoms with Gasteiger partial charge in [-0.3, -0.25) is 9.59 Å². The van der Waals surface area contributed by atoms with Gasteiger partial charge in [0.05, 0.1) is 37.8 Å². The Morgan fingerprint density at radius 2 is 0.721 bits per heavy atom. The van der Waals surface area contributed by atoms with Crippen LogP contribution in [0.3, 0.4) is 0 Å². The Balaban J connectivity index is 1.33. The molecule has 0 fully saturated rings. The molecular weight excluding hydrogens is 845 g/mol. The van der Waals surface area contributed by atoms with Gasteiger partial charge < -0.3 is 29.6 Å². The molecule has 2 N–H and O–H groups in total. The number of carbonyl (C=O) groups is 2. The van der Waals surface area contributed by atoms with Gasteiger partial charge in [0, 0.05) is 46.8 Å². The van der Waals surface area contributed by atoms with Crippen LogP contribution in [0.15, 0.2) is 72.1 Å². The van der Waals surface area contributed by atoms with Crippen molar-refractivity contribution >= 4 is 22.9 Å². The predicted molar refractivity (Wildman–Crippen MR) is 284 cm³/mol. The van der Waals surface area contributed by atoms with Gasteiger partial charge >= 0.3 is 0 Å². The molecule has 0 unspecified atom stereocenters. The number of allylic oxidation sites excluding steroid dienone is 2. The molecule has 8 nitrogen and oxygen atoms in total. The second kappa shape index (κ2) is 32.2. The number of hydrogen-bond acceptors (Lipinski definition) is 8. The average Bonchev–Trinajstić information content (AvgIpc) is 3.35. The summed E-state index contributed by atoms with van der Waals surface area (Å²) in [6, 6.07) is 15.8. The molecule has 0 aromatic heterocycles. The minimum Gasteiger partial charge on any atom is -0.494 e. The number of hydrogen-bond donors (Lipinski definition) is 2. The number of fused-ring (bicyclic) bond motifs is 2. The maximum atomic E-state index is 14.0. The maximum absolute atomic E-state index is 14.0. The topological polar surface area (TPSA) is 95.1 Å². The van der Waals surface area contributed by atoms with E-state index in [4.69, 9.17) is 18.9 Å². The SMILES string of the molecule is CCCCCCCCOc1ccc2c(c1)CC/C(=C/Nc1cc(OCCCCCCCC)c(OCCCCCCCC)cc1N/C=C1\CCc3cc(OCCCCCCCC)ccc3C1=O)C2=O. The fourth-order valence-corrected chi connectivity index (χ4v) is 9.19. The lowest BCUT2D eigenvalue weighted by molar-refractivity contribution is 0.101. The fourth-order valence-electron chi connectivity index (χ4n) is 9.19. The highest BCUT2D eigenvalue weighted by Crippen LogP contribution is 2.39. The Labute approximate surface area is 411 Å². The Morgan fingerprint density at radius 3 is 1.07 bits per heavy atom. The number of nitrogens with one attached hydrogen (secondary N) is 2. The first-order valence-corrected chi connectivity index (χ1v) is 27.4. The standard InChI is InChI=1S/C60H88N2O6/c1-5-9-13-17-21-25-37-65-51-33-35-53-47(41-51)29-31-49(59(53)63)45-61-55-43-57(67-39-27-23-19-15-11-7-3)58(68-40-28-24-20-16-12-8-4)44-56(55)62-46-50-32-30-48-42-52(34-36-54(48)60(50)64)66-38-26-22-18-14-10-6-2/h33-36,41-46,61-62H,5-32,37-40H2,1-4H3/b49-45-,50-46+. The van der Waals surface area contributed by atoms with Crippen LogP contribution < -0.4 is 29.6 Å². The van der Waals surface area contributed by atoms with Crippen molar-refractivity contribution in [2.24, 2.45) is 0 Å². The van der Waals surface area contributed by atoms with Gasteiger partial charge in [-0.15, -0.1) is 0 Å². The molecule has 0 saturated carbocycles. The van der Waals surface area contributed by atoms with Crippen molar-refractivity contribution in [2.75, 3.05) is 37.1 Å². The van der Waals surface area contributed by atoms with E-state index in [1.54, 1.807) is 0 Å². The van der Waals surface area contributed by atoms with Crippen LogP contribution in [0.4, 0.5) is 11.4 Å². The lowest BCUT2D eigenvalue weighted by Crippen LogP contribution is -2.16. The number of ether oxygens (including phenoxy) is 4. The van der Waals surface area contributed by atoms with Crippen LogP contribution in [-0.2, 0) is 12.8 Å². The fraction of sp³-hybridized carbons (Fsp3) is 0.600. The summed E-state index contributed by atoms with van der Waals surface area (Å²) in [6.07, 6.45) is 35.2. The number of rotatable bonds is 36. The summed E-state index contributed by atoms with van der Waals surface area (Å²) in [7, 11) is 0. The van der Waals surface area contributed by atoms with Crippen LogP contribution >= 0.6 is 0 Å². The summed E-state index contributed by atoms with van der Waals surface area (Å²) in [5.41, 5.74) is 6.45. The third-order valence-electron chi connectivity index (χ3n) is 13.5. The summed E-state index contributed by atoms with van der Waals surface area (Å²) in [6.45, 7) is 11.6. The van der Waals surface area contributed by atoms with Gasteiger partial charge in [0.15, 0.2) is 23.1 Å². The normalized spacial score (nSPS) is 14.5. The number of carbonyl (C=O) groups excluding carboxylic acids is 2. The monoisotopic (exact) mass is 933 g/mol. The molecule has 5 rings (SSSR count). The zero-order valence-corrected chi connectivity index (χ0v) is 42.9. The van der Waals surface area contributed by atoms with Crippen molar-refractivity contribution in [3.8, 4) is 23.0 Å². The number of anilines is 2. The minimum atomic E-state index is 0.0266. The summed E-state index contributed by atoms with van der Waals surface area (Å²) in [4.78, 5) is 27.9. The van der Waals surface area contributed by atoms with Crippen molar-refractivity contribution < 1.29 is 28.5 Å². The van der Waals surface area contributed by atoms with Gasteiger partial charge in [-0.1, -0.05) is 156 Å². The second-order valence-electron chi connectivity index (χ2n) is 19.2. The molecular formula is C60H88N2O6. The summed E-state index contributed by atoms with van der Waals surface area (Å²) >= 11 is 0.